The van der Waals surface area contributed by atoms with Crippen molar-refractivity contribution in [1.29, 1.82) is 0 Å². The topological polar surface area (TPSA) is 106 Å². The lowest BCUT2D eigenvalue weighted by atomic mass is 10.1. The van der Waals surface area contributed by atoms with E-state index in [0.717, 1.165) is 29.0 Å². The zero-order valence-electron chi connectivity index (χ0n) is 15.0. The molecule has 8 nitrogen and oxygen atoms in total. The first-order valence-electron chi connectivity index (χ1n) is 8.14. The van der Waals surface area contributed by atoms with Gasteiger partial charge in [-0.1, -0.05) is 24.3 Å². The van der Waals surface area contributed by atoms with Gasteiger partial charge in [-0.3, -0.25) is 9.35 Å². The van der Waals surface area contributed by atoms with Crippen LogP contribution in [0.4, 0.5) is 22.0 Å². The number of nitrogens with zero attached hydrogens (tertiary/aromatic N) is 3. The van der Waals surface area contributed by atoms with Gasteiger partial charge < -0.3 is 4.74 Å². The average molecular weight is 462 g/mol. The molecule has 2 N–H and O–H groups in total. The molecule has 0 aliphatic heterocycles. The first-order chi connectivity index (χ1) is 14.5. The number of hydrogen-bond donors (Lipinski definition) is 2. The Labute approximate surface area is 173 Å². The molecule has 0 aliphatic rings. The molecule has 2 aromatic carbocycles. The Morgan fingerprint density at radius 1 is 1.03 bits per heavy atom. The maximum Gasteiger partial charge on any atom is 0.573 e. The average Bonchev–Trinajstić information content (AvgIpc) is 3.13. The lowest BCUT2D eigenvalue weighted by molar-refractivity contribution is -0.274. The van der Waals surface area contributed by atoms with Crippen molar-refractivity contribution in [3.8, 4) is 22.8 Å². The molecule has 1 atom stereocenters. The van der Waals surface area contributed by atoms with Crippen LogP contribution in [0.25, 0.3) is 17.1 Å². The van der Waals surface area contributed by atoms with E-state index >= 15 is 0 Å². The SMILES string of the molecule is O=Cc1ccc(-c2nc(C(F)(F)NS(=O)O)n(-c3ccc(OC(F)(F)F)cc3)n2)cc1. The molecule has 0 amide bonds. The highest BCUT2D eigenvalue weighted by atomic mass is 32.2. The van der Waals surface area contributed by atoms with Crippen molar-refractivity contribution in [3.63, 3.8) is 0 Å². The van der Waals surface area contributed by atoms with Gasteiger partial charge in [-0.15, -0.1) is 23.0 Å². The van der Waals surface area contributed by atoms with Gasteiger partial charge in [0.25, 0.3) is 0 Å². The van der Waals surface area contributed by atoms with Crippen LogP contribution in [0.3, 0.4) is 0 Å². The van der Waals surface area contributed by atoms with Crippen LogP contribution in [0.5, 0.6) is 5.75 Å². The highest BCUT2D eigenvalue weighted by Crippen LogP contribution is 2.30. The lowest BCUT2D eigenvalue weighted by Crippen LogP contribution is -2.37. The first kappa shape index (κ1) is 22.5. The zero-order valence-corrected chi connectivity index (χ0v) is 15.8. The molecule has 14 heteroatoms. The van der Waals surface area contributed by atoms with E-state index in [-0.39, 0.29) is 17.1 Å². The summed E-state index contributed by atoms with van der Waals surface area (Å²) in [5, 5.41) is 3.94. The molecule has 0 aliphatic carbocycles. The summed E-state index contributed by atoms with van der Waals surface area (Å²) in [5.74, 6) is -1.92. The van der Waals surface area contributed by atoms with Gasteiger partial charge >= 0.3 is 12.4 Å². The third kappa shape index (κ3) is 5.48. The number of alkyl halides is 5. The van der Waals surface area contributed by atoms with Crippen LogP contribution in [0.2, 0.25) is 0 Å². The number of halogens is 5. The van der Waals surface area contributed by atoms with E-state index in [1.54, 1.807) is 0 Å². The third-order valence-electron chi connectivity index (χ3n) is 3.72. The molecule has 0 saturated heterocycles. The van der Waals surface area contributed by atoms with Crippen molar-refractivity contribution in [2.45, 2.75) is 12.4 Å². The predicted octanol–water partition coefficient (Wildman–Crippen LogP) is 3.42. The minimum atomic E-state index is -4.94. The number of rotatable bonds is 7. The highest BCUT2D eigenvalue weighted by Gasteiger charge is 2.40. The highest BCUT2D eigenvalue weighted by molar-refractivity contribution is 7.77. The Morgan fingerprint density at radius 2 is 1.65 bits per heavy atom. The van der Waals surface area contributed by atoms with Crippen LogP contribution in [0.15, 0.2) is 48.5 Å². The van der Waals surface area contributed by atoms with Crippen molar-refractivity contribution >= 4 is 17.6 Å². The van der Waals surface area contributed by atoms with Gasteiger partial charge in [0.05, 0.1) is 5.69 Å². The summed E-state index contributed by atoms with van der Waals surface area (Å²) in [7, 11) is 0. The van der Waals surface area contributed by atoms with Crippen LogP contribution in [-0.2, 0) is 17.3 Å². The number of carbonyl (C=O) groups excluding carboxylic acids is 1. The van der Waals surface area contributed by atoms with E-state index in [4.69, 9.17) is 4.55 Å². The van der Waals surface area contributed by atoms with Crippen LogP contribution in [0.1, 0.15) is 16.2 Å². The van der Waals surface area contributed by atoms with E-state index in [0.29, 0.717) is 16.5 Å². The number of aromatic nitrogens is 3. The fourth-order valence-corrected chi connectivity index (χ4v) is 2.78. The monoisotopic (exact) mass is 462 g/mol. The van der Waals surface area contributed by atoms with E-state index < -0.39 is 35.2 Å². The molecule has 0 radical (unpaired) electrons. The second-order valence-electron chi connectivity index (χ2n) is 5.88. The summed E-state index contributed by atoms with van der Waals surface area (Å²) in [6.07, 6.45) is -4.37. The molecule has 0 saturated carbocycles. The van der Waals surface area contributed by atoms with Gasteiger partial charge in [-0.05, 0) is 24.3 Å². The lowest BCUT2D eigenvalue weighted by Gasteiger charge is -2.15. The van der Waals surface area contributed by atoms with E-state index in [1.807, 2.05) is 0 Å². The molecule has 0 bridgehead atoms. The third-order valence-corrected chi connectivity index (χ3v) is 4.15. The molecular formula is C17H11F5N4O4S. The zero-order chi connectivity index (χ0) is 22.8. The molecule has 0 fully saturated rings. The normalized spacial score (nSPS) is 13.1. The quantitative estimate of drug-likeness (QED) is 0.241. The summed E-state index contributed by atoms with van der Waals surface area (Å²) in [4.78, 5) is 14.5. The van der Waals surface area contributed by atoms with Crippen molar-refractivity contribution < 1.29 is 40.2 Å². The van der Waals surface area contributed by atoms with Crippen LogP contribution >= 0.6 is 0 Å². The van der Waals surface area contributed by atoms with Crippen LogP contribution in [-0.4, -0.2) is 36.2 Å². The van der Waals surface area contributed by atoms with Gasteiger partial charge in [0.2, 0.25) is 17.1 Å². The van der Waals surface area contributed by atoms with Crippen LogP contribution < -0.4 is 9.46 Å². The summed E-state index contributed by atoms with van der Waals surface area (Å²) in [5.41, 5.74) is 0.424. The summed E-state index contributed by atoms with van der Waals surface area (Å²) in [6, 6.07) is 5.22. The van der Waals surface area contributed by atoms with Gasteiger partial charge in [-0.2, -0.15) is 8.78 Å². The minimum Gasteiger partial charge on any atom is -0.406 e. The Bertz CT molecular complexity index is 1100. The predicted molar refractivity (Wildman–Crippen MR) is 96.7 cm³/mol. The van der Waals surface area contributed by atoms with E-state index in [9.17, 15) is 31.0 Å². The molecule has 1 aromatic heterocycles. The fourth-order valence-electron chi connectivity index (χ4n) is 2.47. The van der Waals surface area contributed by atoms with E-state index in [1.165, 1.54) is 24.3 Å². The second kappa shape index (κ2) is 8.49. The minimum absolute atomic E-state index is 0.127. The van der Waals surface area contributed by atoms with Crippen molar-refractivity contribution in [1.82, 2.24) is 19.5 Å². The molecule has 1 heterocycles. The number of hydrogen-bond acceptors (Lipinski definition) is 5. The van der Waals surface area contributed by atoms with Gasteiger partial charge in [0.15, 0.2) is 5.82 Å². The number of aldehydes is 1. The van der Waals surface area contributed by atoms with E-state index in [2.05, 4.69) is 14.8 Å². The Morgan fingerprint density at radius 3 is 2.16 bits per heavy atom. The number of benzene rings is 2. The first-order valence-corrected chi connectivity index (χ1v) is 9.25. The van der Waals surface area contributed by atoms with Crippen molar-refractivity contribution in [3.05, 3.63) is 59.9 Å². The number of ether oxygens (including phenoxy) is 1. The Balaban J connectivity index is 2.07. The summed E-state index contributed by atoms with van der Waals surface area (Å²) in [6.45, 7) is 0. The molecule has 3 aromatic rings. The maximum absolute atomic E-state index is 14.5. The number of carbonyl (C=O) groups is 1. The largest absolute Gasteiger partial charge is 0.573 e. The fraction of sp³-hybridized carbons (Fsp3) is 0.118. The smallest absolute Gasteiger partial charge is 0.406 e. The molecule has 164 valence electrons. The van der Waals surface area contributed by atoms with Crippen molar-refractivity contribution in [2.75, 3.05) is 0 Å². The Kier molecular flexibility index (Phi) is 6.15. The Hall–Kier alpha value is -3.23. The number of nitrogens with one attached hydrogen (secondary N) is 1. The standard InChI is InChI=1S/C17H11F5N4O4S/c18-16(19,25-31(28)29)15-23-14(11-3-1-10(9-27)2-4-11)24-26(15)12-5-7-13(8-6-12)30-17(20,21)22/h1-9,25H,(H,28,29). The van der Waals surface area contributed by atoms with Gasteiger partial charge in [-0.25, -0.2) is 13.9 Å². The maximum atomic E-state index is 14.5. The molecule has 0 spiro atoms. The van der Waals surface area contributed by atoms with Crippen LogP contribution in [0, 0.1) is 0 Å². The summed E-state index contributed by atoms with van der Waals surface area (Å²) < 4.78 is 91.1. The molecule has 1 unspecified atom stereocenters. The van der Waals surface area contributed by atoms with Gasteiger partial charge in [0.1, 0.15) is 12.0 Å². The molecular weight excluding hydrogens is 451 g/mol. The molecule has 31 heavy (non-hydrogen) atoms. The van der Waals surface area contributed by atoms with Crippen molar-refractivity contribution in [2.24, 2.45) is 0 Å². The molecule has 3 rings (SSSR count). The second-order valence-corrected chi connectivity index (χ2v) is 6.58. The van der Waals surface area contributed by atoms with Gasteiger partial charge in [0, 0.05) is 11.1 Å². The summed E-state index contributed by atoms with van der Waals surface area (Å²) >= 11 is -3.12.